The third kappa shape index (κ3) is 2.83. The lowest BCUT2D eigenvalue weighted by Gasteiger charge is -2.22. The monoisotopic (exact) mass is 395 g/mol. The summed E-state index contributed by atoms with van der Waals surface area (Å²) in [6.45, 7) is 8.95. The van der Waals surface area contributed by atoms with Gasteiger partial charge in [0.15, 0.2) is 5.58 Å². The SMILES string of the molecule is CC(C)c1cc2c(oc3cnccc32)c(C(C)C)c1-n1ccnc1-c1ccccc1. The van der Waals surface area contributed by atoms with Gasteiger partial charge in [0.2, 0.25) is 0 Å². The molecule has 3 heterocycles. The average Bonchev–Trinajstić information content (AvgIpc) is 3.37. The van der Waals surface area contributed by atoms with Crippen molar-refractivity contribution in [1.82, 2.24) is 14.5 Å². The molecule has 4 nitrogen and oxygen atoms in total. The smallest absolute Gasteiger partial charge is 0.153 e. The Bertz CT molecular complexity index is 1340. The number of pyridine rings is 1. The van der Waals surface area contributed by atoms with Crippen LogP contribution in [-0.4, -0.2) is 14.5 Å². The fraction of sp³-hybridized carbons (Fsp3) is 0.231. The minimum absolute atomic E-state index is 0.278. The highest BCUT2D eigenvalue weighted by molar-refractivity contribution is 6.07. The van der Waals surface area contributed by atoms with E-state index in [0.29, 0.717) is 5.92 Å². The van der Waals surface area contributed by atoms with E-state index in [1.807, 2.05) is 24.5 Å². The van der Waals surface area contributed by atoms with Gasteiger partial charge in [-0.3, -0.25) is 9.55 Å². The maximum Gasteiger partial charge on any atom is 0.153 e. The largest absolute Gasteiger partial charge is 0.454 e. The van der Waals surface area contributed by atoms with E-state index in [1.165, 1.54) is 16.8 Å². The van der Waals surface area contributed by atoms with Gasteiger partial charge in [0.1, 0.15) is 11.4 Å². The van der Waals surface area contributed by atoms with E-state index < -0.39 is 0 Å². The number of imidazole rings is 1. The summed E-state index contributed by atoms with van der Waals surface area (Å²) in [7, 11) is 0. The zero-order valence-corrected chi connectivity index (χ0v) is 17.8. The summed E-state index contributed by atoms with van der Waals surface area (Å²) in [5, 5.41) is 2.27. The van der Waals surface area contributed by atoms with Crippen LogP contribution in [-0.2, 0) is 0 Å². The average molecular weight is 396 g/mol. The van der Waals surface area contributed by atoms with Crippen molar-refractivity contribution in [2.24, 2.45) is 0 Å². The molecule has 2 aromatic carbocycles. The summed E-state index contributed by atoms with van der Waals surface area (Å²) in [6.07, 6.45) is 7.58. The summed E-state index contributed by atoms with van der Waals surface area (Å²) in [5.74, 6) is 1.57. The third-order valence-corrected chi connectivity index (χ3v) is 5.72. The molecular weight excluding hydrogens is 370 g/mol. The van der Waals surface area contributed by atoms with Crippen molar-refractivity contribution in [2.45, 2.75) is 39.5 Å². The number of hydrogen-bond acceptors (Lipinski definition) is 3. The molecule has 30 heavy (non-hydrogen) atoms. The normalized spacial score (nSPS) is 11.9. The Hall–Kier alpha value is -3.40. The molecule has 5 aromatic rings. The molecule has 5 rings (SSSR count). The molecule has 4 heteroatoms. The number of benzene rings is 2. The molecular formula is C26H25N3O. The number of furan rings is 1. The second-order valence-electron chi connectivity index (χ2n) is 8.37. The number of rotatable bonds is 4. The predicted octanol–water partition coefficient (Wildman–Crippen LogP) is 7.08. The van der Waals surface area contributed by atoms with Gasteiger partial charge in [-0.2, -0.15) is 0 Å². The maximum absolute atomic E-state index is 6.37. The second-order valence-corrected chi connectivity index (χ2v) is 8.37. The lowest BCUT2D eigenvalue weighted by molar-refractivity contribution is 0.652. The fourth-order valence-electron chi connectivity index (χ4n) is 4.33. The van der Waals surface area contributed by atoms with Gasteiger partial charge in [0.25, 0.3) is 0 Å². The van der Waals surface area contributed by atoms with Crippen LogP contribution in [0.2, 0.25) is 0 Å². The molecule has 150 valence electrons. The van der Waals surface area contributed by atoms with Crippen molar-refractivity contribution in [2.75, 3.05) is 0 Å². The molecule has 0 aliphatic heterocycles. The molecule has 0 saturated heterocycles. The molecule has 0 radical (unpaired) electrons. The molecule has 0 atom stereocenters. The highest BCUT2D eigenvalue weighted by Crippen LogP contribution is 2.42. The molecule has 0 aliphatic rings. The van der Waals surface area contributed by atoms with E-state index in [-0.39, 0.29) is 5.92 Å². The van der Waals surface area contributed by atoms with Crippen LogP contribution in [0.25, 0.3) is 39.0 Å². The molecule has 0 amide bonds. The van der Waals surface area contributed by atoms with Crippen molar-refractivity contribution in [3.63, 3.8) is 0 Å². The standard InChI is InChI=1S/C26H25N3O/c1-16(2)20-14-21-19-10-11-27-15-22(19)30-25(21)23(17(3)4)24(20)29-13-12-28-26(29)18-8-6-5-7-9-18/h5-17H,1-4H3. The van der Waals surface area contributed by atoms with E-state index in [9.17, 15) is 0 Å². The van der Waals surface area contributed by atoms with Crippen molar-refractivity contribution in [3.8, 4) is 17.1 Å². The van der Waals surface area contributed by atoms with E-state index in [4.69, 9.17) is 9.40 Å². The number of fused-ring (bicyclic) bond motifs is 3. The lowest BCUT2D eigenvalue weighted by atomic mass is 9.89. The van der Waals surface area contributed by atoms with Crippen molar-refractivity contribution in [1.29, 1.82) is 0 Å². The number of hydrogen-bond donors (Lipinski definition) is 0. The van der Waals surface area contributed by atoms with Crippen LogP contribution in [0, 0.1) is 0 Å². The minimum Gasteiger partial charge on any atom is -0.454 e. The lowest BCUT2D eigenvalue weighted by Crippen LogP contribution is -2.08. The summed E-state index contributed by atoms with van der Waals surface area (Å²) < 4.78 is 8.59. The summed E-state index contributed by atoms with van der Waals surface area (Å²) >= 11 is 0. The molecule has 0 unspecified atom stereocenters. The highest BCUT2D eigenvalue weighted by Gasteiger charge is 2.24. The van der Waals surface area contributed by atoms with Crippen molar-refractivity contribution in [3.05, 3.63) is 78.4 Å². The van der Waals surface area contributed by atoms with Crippen LogP contribution in [0.15, 0.2) is 71.7 Å². The van der Waals surface area contributed by atoms with Crippen LogP contribution in [0.1, 0.15) is 50.7 Å². The van der Waals surface area contributed by atoms with Crippen LogP contribution in [0.3, 0.4) is 0 Å². The number of nitrogens with zero attached hydrogens (tertiary/aromatic N) is 3. The van der Waals surface area contributed by atoms with Crippen LogP contribution in [0.5, 0.6) is 0 Å². The molecule has 0 saturated carbocycles. The molecule has 0 aliphatic carbocycles. The third-order valence-electron chi connectivity index (χ3n) is 5.72. The van der Waals surface area contributed by atoms with E-state index in [0.717, 1.165) is 33.3 Å². The molecule has 0 fully saturated rings. The Morgan fingerprint density at radius 1 is 0.900 bits per heavy atom. The van der Waals surface area contributed by atoms with E-state index >= 15 is 0 Å². The first-order valence-electron chi connectivity index (χ1n) is 10.5. The Morgan fingerprint density at radius 3 is 2.43 bits per heavy atom. The van der Waals surface area contributed by atoms with E-state index in [1.54, 1.807) is 6.20 Å². The van der Waals surface area contributed by atoms with Gasteiger partial charge in [-0.1, -0.05) is 58.0 Å². The topological polar surface area (TPSA) is 43.9 Å². The Morgan fingerprint density at radius 2 is 1.70 bits per heavy atom. The van der Waals surface area contributed by atoms with Crippen LogP contribution >= 0.6 is 0 Å². The van der Waals surface area contributed by atoms with Gasteiger partial charge >= 0.3 is 0 Å². The van der Waals surface area contributed by atoms with Gasteiger partial charge in [0, 0.05) is 40.5 Å². The summed E-state index contributed by atoms with van der Waals surface area (Å²) in [5.41, 5.74) is 6.55. The minimum atomic E-state index is 0.278. The Labute approximate surface area is 176 Å². The molecule has 0 spiro atoms. The first-order chi connectivity index (χ1) is 14.6. The maximum atomic E-state index is 6.37. The van der Waals surface area contributed by atoms with Gasteiger partial charge in [0.05, 0.1) is 11.9 Å². The molecule has 0 N–H and O–H groups in total. The van der Waals surface area contributed by atoms with Gasteiger partial charge in [-0.05, 0) is 29.5 Å². The Kier molecular flexibility index (Phi) is 4.43. The van der Waals surface area contributed by atoms with Gasteiger partial charge < -0.3 is 4.42 Å². The zero-order chi connectivity index (χ0) is 20.8. The van der Waals surface area contributed by atoms with Gasteiger partial charge in [-0.25, -0.2) is 4.98 Å². The first-order valence-corrected chi connectivity index (χ1v) is 10.5. The van der Waals surface area contributed by atoms with E-state index in [2.05, 4.69) is 73.8 Å². The van der Waals surface area contributed by atoms with Crippen molar-refractivity contribution < 1.29 is 4.42 Å². The fourth-order valence-corrected chi connectivity index (χ4v) is 4.33. The predicted molar refractivity (Wildman–Crippen MR) is 122 cm³/mol. The number of aromatic nitrogens is 3. The van der Waals surface area contributed by atoms with Gasteiger partial charge in [-0.15, -0.1) is 0 Å². The van der Waals surface area contributed by atoms with Crippen LogP contribution < -0.4 is 0 Å². The summed E-state index contributed by atoms with van der Waals surface area (Å²) in [6, 6.07) is 14.7. The van der Waals surface area contributed by atoms with Crippen molar-refractivity contribution >= 4 is 21.9 Å². The van der Waals surface area contributed by atoms with Crippen LogP contribution in [0.4, 0.5) is 0 Å². The second kappa shape index (κ2) is 7.13. The molecule has 0 bridgehead atoms. The first kappa shape index (κ1) is 18.6. The Balaban J connectivity index is 1.91. The summed E-state index contributed by atoms with van der Waals surface area (Å²) in [4.78, 5) is 8.97. The highest BCUT2D eigenvalue weighted by atomic mass is 16.3. The molecule has 3 aromatic heterocycles. The zero-order valence-electron chi connectivity index (χ0n) is 17.8. The quantitative estimate of drug-likeness (QED) is 0.326.